The Morgan fingerprint density at radius 1 is 1.41 bits per heavy atom. The van der Waals surface area contributed by atoms with Gasteiger partial charge < -0.3 is 20.4 Å². The zero-order chi connectivity index (χ0) is 20.6. The van der Waals surface area contributed by atoms with Gasteiger partial charge in [0.1, 0.15) is 12.4 Å². The van der Waals surface area contributed by atoms with Crippen LogP contribution in [0.2, 0.25) is 0 Å². The fraction of sp³-hybridized carbons (Fsp3) is 0.600. The van der Waals surface area contributed by atoms with Crippen molar-refractivity contribution in [3.63, 3.8) is 0 Å². The highest BCUT2D eigenvalue weighted by atomic mass is 16.3. The van der Waals surface area contributed by atoms with E-state index in [9.17, 15) is 4.79 Å². The third-order valence-electron chi connectivity index (χ3n) is 4.82. The van der Waals surface area contributed by atoms with Crippen LogP contribution in [-0.2, 0) is 11.3 Å². The first-order valence-corrected chi connectivity index (χ1v) is 10.4. The summed E-state index contributed by atoms with van der Waals surface area (Å²) < 4.78 is 5.31. The minimum Gasteiger partial charge on any atom is -0.461 e. The molecule has 4 N–H and O–H groups in total. The van der Waals surface area contributed by atoms with Gasteiger partial charge in [-0.05, 0) is 52.2 Å². The second kappa shape index (κ2) is 10.1. The average Bonchev–Trinajstić information content (AvgIpc) is 3.38. The number of guanidine groups is 1. The molecule has 0 bridgehead atoms. The standard InChI is InChI=1S/C20H31N7O2/c1-4-21-20(22-12-17-25-18(27-26-17)16-9-6-10-29-16)24-15-8-5-7-14(11-15)19(28)23-13(2)3/h6,9-10,13-15H,4-5,7-8,11-12H2,1-3H3,(H,23,28)(H2,21,22,24)(H,25,26,27). The molecule has 0 aliphatic heterocycles. The Kier molecular flexibility index (Phi) is 7.26. The molecule has 158 valence electrons. The molecule has 0 spiro atoms. The average molecular weight is 402 g/mol. The Hall–Kier alpha value is -2.84. The summed E-state index contributed by atoms with van der Waals surface area (Å²) >= 11 is 0. The van der Waals surface area contributed by atoms with Crippen LogP contribution in [-0.4, -0.2) is 45.7 Å². The smallest absolute Gasteiger partial charge is 0.223 e. The first kappa shape index (κ1) is 20.9. The number of hydrogen-bond donors (Lipinski definition) is 4. The minimum absolute atomic E-state index is 0.0525. The van der Waals surface area contributed by atoms with Crippen molar-refractivity contribution in [1.29, 1.82) is 0 Å². The van der Waals surface area contributed by atoms with Gasteiger partial charge in [-0.2, -0.15) is 0 Å². The van der Waals surface area contributed by atoms with Crippen LogP contribution in [0.15, 0.2) is 27.8 Å². The van der Waals surface area contributed by atoms with Gasteiger partial charge in [-0.1, -0.05) is 6.42 Å². The molecule has 3 rings (SSSR count). The van der Waals surface area contributed by atoms with Gasteiger partial charge >= 0.3 is 0 Å². The number of aliphatic imine (C=N–C) groups is 1. The monoisotopic (exact) mass is 401 g/mol. The minimum atomic E-state index is 0.0525. The molecule has 0 aromatic carbocycles. The number of H-pyrrole nitrogens is 1. The van der Waals surface area contributed by atoms with E-state index in [1.807, 2.05) is 26.8 Å². The summed E-state index contributed by atoms with van der Waals surface area (Å²) in [5, 5.41) is 16.8. The molecule has 1 aliphatic rings. The van der Waals surface area contributed by atoms with Crippen molar-refractivity contribution < 1.29 is 9.21 Å². The van der Waals surface area contributed by atoms with Crippen LogP contribution in [0.3, 0.4) is 0 Å². The topological polar surface area (TPSA) is 120 Å². The molecule has 2 aromatic heterocycles. The number of amides is 1. The van der Waals surface area contributed by atoms with Gasteiger partial charge in [-0.25, -0.2) is 9.98 Å². The Bertz CT molecular complexity index is 798. The van der Waals surface area contributed by atoms with Gasteiger partial charge in [0.25, 0.3) is 0 Å². The van der Waals surface area contributed by atoms with E-state index in [0.29, 0.717) is 24.0 Å². The van der Waals surface area contributed by atoms with Crippen molar-refractivity contribution in [2.24, 2.45) is 10.9 Å². The summed E-state index contributed by atoms with van der Waals surface area (Å²) in [5.41, 5.74) is 0. The SMILES string of the molecule is CCNC(=NCc1nc(-c2ccco2)n[nH]1)NC1CCCC(C(=O)NC(C)C)C1. The molecule has 1 amide bonds. The van der Waals surface area contributed by atoms with E-state index in [1.165, 1.54) is 0 Å². The summed E-state index contributed by atoms with van der Waals surface area (Å²) in [6.07, 6.45) is 5.41. The maximum Gasteiger partial charge on any atom is 0.223 e. The summed E-state index contributed by atoms with van der Waals surface area (Å²) in [6.45, 7) is 7.14. The maximum atomic E-state index is 12.4. The molecule has 2 heterocycles. The van der Waals surface area contributed by atoms with E-state index >= 15 is 0 Å². The molecule has 0 saturated heterocycles. The molecule has 1 aliphatic carbocycles. The van der Waals surface area contributed by atoms with E-state index in [0.717, 1.165) is 38.2 Å². The van der Waals surface area contributed by atoms with Gasteiger partial charge in [0.2, 0.25) is 11.7 Å². The first-order chi connectivity index (χ1) is 14.0. The Morgan fingerprint density at radius 2 is 2.28 bits per heavy atom. The van der Waals surface area contributed by atoms with Crippen LogP contribution in [0.4, 0.5) is 0 Å². The number of carbonyl (C=O) groups excluding carboxylic acids is 1. The van der Waals surface area contributed by atoms with Crippen molar-refractivity contribution in [2.75, 3.05) is 6.54 Å². The van der Waals surface area contributed by atoms with Crippen molar-refractivity contribution in [2.45, 2.75) is 65.1 Å². The van der Waals surface area contributed by atoms with Crippen molar-refractivity contribution >= 4 is 11.9 Å². The Morgan fingerprint density at radius 3 is 3.00 bits per heavy atom. The van der Waals surface area contributed by atoms with Gasteiger partial charge in [-0.3, -0.25) is 9.89 Å². The molecular formula is C20H31N7O2. The van der Waals surface area contributed by atoms with E-state index in [1.54, 1.807) is 12.3 Å². The summed E-state index contributed by atoms with van der Waals surface area (Å²) in [4.78, 5) is 21.4. The number of nitrogens with zero attached hydrogens (tertiary/aromatic N) is 3. The lowest BCUT2D eigenvalue weighted by molar-refractivity contribution is -0.126. The van der Waals surface area contributed by atoms with Crippen molar-refractivity contribution in [3.05, 3.63) is 24.2 Å². The Balaban J connectivity index is 1.58. The van der Waals surface area contributed by atoms with Gasteiger partial charge in [-0.15, -0.1) is 5.10 Å². The molecule has 0 radical (unpaired) electrons. The number of aromatic nitrogens is 3. The Labute approximate surface area is 171 Å². The van der Waals surface area contributed by atoms with E-state index in [-0.39, 0.29) is 23.9 Å². The van der Waals surface area contributed by atoms with Crippen LogP contribution < -0.4 is 16.0 Å². The van der Waals surface area contributed by atoms with Crippen LogP contribution in [0.5, 0.6) is 0 Å². The third kappa shape index (κ3) is 6.07. The number of carbonyl (C=O) groups is 1. The number of rotatable bonds is 7. The zero-order valence-corrected chi connectivity index (χ0v) is 17.4. The van der Waals surface area contributed by atoms with Crippen molar-refractivity contribution in [1.82, 2.24) is 31.1 Å². The van der Waals surface area contributed by atoms with Crippen LogP contribution in [0, 0.1) is 5.92 Å². The molecule has 2 aromatic rings. The molecule has 2 atom stereocenters. The molecule has 29 heavy (non-hydrogen) atoms. The van der Waals surface area contributed by atoms with Crippen LogP contribution in [0.1, 0.15) is 52.3 Å². The lowest BCUT2D eigenvalue weighted by atomic mass is 9.85. The lowest BCUT2D eigenvalue weighted by Gasteiger charge is -2.30. The maximum absolute atomic E-state index is 12.4. The fourth-order valence-electron chi connectivity index (χ4n) is 3.51. The summed E-state index contributed by atoms with van der Waals surface area (Å²) in [7, 11) is 0. The third-order valence-corrected chi connectivity index (χ3v) is 4.82. The number of nitrogens with one attached hydrogen (secondary N) is 4. The molecule has 9 heteroatoms. The summed E-state index contributed by atoms with van der Waals surface area (Å²) in [6, 6.07) is 4.01. The molecule has 1 fully saturated rings. The van der Waals surface area contributed by atoms with Crippen LogP contribution in [0.25, 0.3) is 11.6 Å². The quantitative estimate of drug-likeness (QED) is 0.417. The fourth-order valence-corrected chi connectivity index (χ4v) is 3.51. The molecule has 1 saturated carbocycles. The molecular weight excluding hydrogens is 370 g/mol. The van der Waals surface area contributed by atoms with Gasteiger partial charge in [0.05, 0.1) is 6.26 Å². The largest absolute Gasteiger partial charge is 0.461 e. The number of aromatic amines is 1. The lowest BCUT2D eigenvalue weighted by Crippen LogP contribution is -2.47. The predicted octanol–water partition coefficient (Wildman–Crippen LogP) is 2.20. The van der Waals surface area contributed by atoms with Gasteiger partial charge in [0.15, 0.2) is 11.7 Å². The van der Waals surface area contributed by atoms with E-state index < -0.39 is 0 Å². The zero-order valence-electron chi connectivity index (χ0n) is 17.4. The predicted molar refractivity (Wildman–Crippen MR) is 111 cm³/mol. The van der Waals surface area contributed by atoms with Gasteiger partial charge in [0, 0.05) is 24.5 Å². The second-order valence-corrected chi connectivity index (χ2v) is 7.65. The van der Waals surface area contributed by atoms with E-state index in [4.69, 9.17) is 4.42 Å². The first-order valence-electron chi connectivity index (χ1n) is 10.4. The molecule has 2 unspecified atom stereocenters. The highest BCUT2D eigenvalue weighted by Crippen LogP contribution is 2.24. The van der Waals surface area contributed by atoms with E-state index in [2.05, 4.69) is 36.1 Å². The highest BCUT2D eigenvalue weighted by molar-refractivity contribution is 5.81. The molecule has 9 nitrogen and oxygen atoms in total. The highest BCUT2D eigenvalue weighted by Gasteiger charge is 2.28. The number of hydrogen-bond acceptors (Lipinski definition) is 5. The van der Waals surface area contributed by atoms with Crippen molar-refractivity contribution in [3.8, 4) is 11.6 Å². The summed E-state index contributed by atoms with van der Waals surface area (Å²) in [5.74, 6) is 2.72. The number of furan rings is 1. The normalized spacial score (nSPS) is 19.9. The van der Waals surface area contributed by atoms with Crippen LogP contribution >= 0.6 is 0 Å². The second-order valence-electron chi connectivity index (χ2n) is 7.65.